The van der Waals surface area contributed by atoms with Crippen LogP contribution < -0.4 is 0 Å². The maximum absolute atomic E-state index is 11.6. The molecule has 100 valence electrons. The summed E-state index contributed by atoms with van der Waals surface area (Å²) in [7, 11) is 3.39. The van der Waals surface area contributed by atoms with Crippen molar-refractivity contribution in [2.24, 2.45) is 0 Å². The first-order valence-electron chi connectivity index (χ1n) is 5.41. The van der Waals surface area contributed by atoms with Gasteiger partial charge in [-0.05, 0) is 20.8 Å². The molecular weight excluding hydrogens is 335 g/mol. The summed E-state index contributed by atoms with van der Waals surface area (Å²) in [6.07, 6.45) is -0.368. The first-order chi connectivity index (χ1) is 7.67. The number of hydrogen-bond acceptors (Lipinski definition) is 3. The number of hydrogen-bond donors (Lipinski definition) is 0. The second-order valence-electron chi connectivity index (χ2n) is 4.85. The highest BCUT2D eigenvalue weighted by atomic mass is 127. The number of likely N-dealkylation sites (N-methyl/N-ethyl adjacent to an activating group) is 2. The molecular formula is C11H21IN2O3. The number of amides is 2. The lowest BCUT2D eigenvalue weighted by Gasteiger charge is -2.26. The van der Waals surface area contributed by atoms with Gasteiger partial charge in [0.25, 0.3) is 0 Å². The molecule has 0 rings (SSSR count). The summed E-state index contributed by atoms with van der Waals surface area (Å²) >= 11 is 2.02. The summed E-state index contributed by atoms with van der Waals surface area (Å²) in [6, 6.07) is 0. The number of rotatable bonds is 4. The van der Waals surface area contributed by atoms with Crippen molar-refractivity contribution in [3.05, 3.63) is 0 Å². The normalized spacial score (nSPS) is 10.9. The van der Waals surface area contributed by atoms with E-state index >= 15 is 0 Å². The van der Waals surface area contributed by atoms with Crippen LogP contribution in [0.25, 0.3) is 0 Å². The summed E-state index contributed by atoms with van der Waals surface area (Å²) < 4.78 is 5.65. The van der Waals surface area contributed by atoms with Crippen LogP contribution in [0.1, 0.15) is 20.8 Å². The van der Waals surface area contributed by atoms with E-state index < -0.39 is 5.60 Å². The predicted molar refractivity (Wildman–Crippen MR) is 75.4 cm³/mol. The van der Waals surface area contributed by atoms with Gasteiger partial charge in [0.1, 0.15) is 5.60 Å². The Morgan fingerprint density at radius 2 is 1.59 bits per heavy atom. The molecule has 0 aromatic carbocycles. The van der Waals surface area contributed by atoms with E-state index in [0.29, 0.717) is 17.5 Å². The summed E-state index contributed by atoms with van der Waals surface area (Å²) in [6.45, 7) is 6.45. The first-order valence-corrected chi connectivity index (χ1v) is 6.94. The van der Waals surface area contributed by atoms with Crippen LogP contribution in [0, 0.1) is 0 Å². The molecule has 0 aromatic rings. The van der Waals surface area contributed by atoms with Gasteiger partial charge in [0.05, 0.1) is 4.43 Å². The summed E-state index contributed by atoms with van der Waals surface area (Å²) in [4.78, 5) is 26.0. The van der Waals surface area contributed by atoms with E-state index in [9.17, 15) is 9.59 Å². The number of ether oxygens (including phenoxy) is 1. The van der Waals surface area contributed by atoms with Crippen molar-refractivity contribution in [3.8, 4) is 0 Å². The van der Waals surface area contributed by atoms with Gasteiger partial charge in [-0.2, -0.15) is 0 Å². The maximum atomic E-state index is 11.6. The zero-order chi connectivity index (χ0) is 13.6. The highest BCUT2D eigenvalue weighted by Gasteiger charge is 2.19. The smallest absolute Gasteiger partial charge is 0.410 e. The Balaban J connectivity index is 4.06. The lowest BCUT2D eigenvalue weighted by Crippen LogP contribution is -2.40. The molecule has 0 fully saturated rings. The van der Waals surface area contributed by atoms with Crippen molar-refractivity contribution >= 4 is 34.6 Å². The zero-order valence-corrected chi connectivity index (χ0v) is 13.3. The quantitative estimate of drug-likeness (QED) is 0.570. The van der Waals surface area contributed by atoms with Crippen molar-refractivity contribution < 1.29 is 14.3 Å². The molecule has 0 aliphatic rings. The van der Waals surface area contributed by atoms with Crippen LogP contribution >= 0.6 is 22.6 Å². The monoisotopic (exact) mass is 356 g/mol. The van der Waals surface area contributed by atoms with E-state index in [1.807, 2.05) is 43.4 Å². The van der Waals surface area contributed by atoms with E-state index in [1.54, 1.807) is 19.0 Å². The van der Waals surface area contributed by atoms with Gasteiger partial charge < -0.3 is 14.5 Å². The Kier molecular flexibility index (Phi) is 6.81. The average molecular weight is 356 g/mol. The summed E-state index contributed by atoms with van der Waals surface area (Å²) in [5, 5.41) is 0. The van der Waals surface area contributed by atoms with Crippen LogP contribution in [0.2, 0.25) is 0 Å². The number of halogens is 1. The fraction of sp³-hybridized carbons (Fsp3) is 0.818. The number of carbonyl (C=O) groups excluding carboxylic acids is 2. The molecule has 0 heterocycles. The third-order valence-corrected chi connectivity index (χ3v) is 2.67. The van der Waals surface area contributed by atoms with Gasteiger partial charge in [-0.25, -0.2) is 4.79 Å². The third kappa shape index (κ3) is 7.40. The predicted octanol–water partition coefficient (Wildman–Crippen LogP) is 1.75. The molecule has 0 aliphatic carbocycles. The number of nitrogens with zero attached hydrogens (tertiary/aromatic N) is 2. The van der Waals surface area contributed by atoms with Crippen molar-refractivity contribution in [2.75, 3.05) is 31.6 Å². The van der Waals surface area contributed by atoms with Crippen molar-refractivity contribution in [1.29, 1.82) is 0 Å². The number of alkyl halides is 1. The topological polar surface area (TPSA) is 49.9 Å². The zero-order valence-electron chi connectivity index (χ0n) is 11.1. The van der Waals surface area contributed by atoms with Crippen LogP contribution in [0.15, 0.2) is 0 Å². The molecule has 0 saturated heterocycles. The molecule has 5 nitrogen and oxygen atoms in total. The van der Waals surface area contributed by atoms with E-state index in [4.69, 9.17) is 4.74 Å². The second kappa shape index (κ2) is 7.03. The van der Waals surface area contributed by atoms with Gasteiger partial charge in [-0.3, -0.25) is 4.79 Å². The Labute approximate surface area is 117 Å². The Morgan fingerprint density at radius 1 is 1.12 bits per heavy atom. The summed E-state index contributed by atoms with van der Waals surface area (Å²) in [5.74, 6) is 0.0585. The largest absolute Gasteiger partial charge is 0.444 e. The van der Waals surface area contributed by atoms with Crippen molar-refractivity contribution in [3.63, 3.8) is 0 Å². The van der Waals surface area contributed by atoms with Crippen molar-refractivity contribution in [1.82, 2.24) is 9.80 Å². The third-order valence-electron chi connectivity index (χ3n) is 2.02. The molecule has 0 spiro atoms. The van der Waals surface area contributed by atoms with E-state index in [1.165, 1.54) is 4.90 Å². The van der Waals surface area contributed by atoms with Gasteiger partial charge in [0.2, 0.25) is 5.91 Å². The van der Waals surface area contributed by atoms with Crippen molar-refractivity contribution in [2.45, 2.75) is 26.4 Å². The average Bonchev–Trinajstić information content (AvgIpc) is 2.21. The standard InChI is InChI=1S/C11H21IN2O3/c1-11(2,3)17-10(16)14(5)7-6-13(4)9(15)8-12/h6-8H2,1-5H3. The second-order valence-corrected chi connectivity index (χ2v) is 5.61. The van der Waals surface area contributed by atoms with E-state index in [0.717, 1.165) is 0 Å². The van der Waals surface area contributed by atoms with Crippen LogP contribution in [0.5, 0.6) is 0 Å². The molecule has 17 heavy (non-hydrogen) atoms. The van der Waals surface area contributed by atoms with Crippen LogP contribution in [0.4, 0.5) is 4.79 Å². The molecule has 0 aromatic heterocycles. The van der Waals surface area contributed by atoms with Crippen LogP contribution in [-0.4, -0.2) is 59.0 Å². The fourth-order valence-electron chi connectivity index (χ4n) is 0.958. The molecule has 0 N–H and O–H groups in total. The van der Waals surface area contributed by atoms with Crippen LogP contribution in [-0.2, 0) is 9.53 Å². The molecule has 0 aliphatic heterocycles. The van der Waals surface area contributed by atoms with E-state index in [-0.39, 0.29) is 12.0 Å². The van der Waals surface area contributed by atoms with E-state index in [2.05, 4.69) is 0 Å². The Morgan fingerprint density at radius 3 is 2.00 bits per heavy atom. The molecule has 0 radical (unpaired) electrons. The minimum atomic E-state index is -0.491. The molecule has 0 bridgehead atoms. The fourth-order valence-corrected chi connectivity index (χ4v) is 1.54. The minimum Gasteiger partial charge on any atom is -0.444 e. The molecule has 6 heteroatoms. The lowest BCUT2D eigenvalue weighted by molar-refractivity contribution is -0.127. The van der Waals surface area contributed by atoms with Gasteiger partial charge in [-0.1, -0.05) is 22.6 Å². The maximum Gasteiger partial charge on any atom is 0.410 e. The van der Waals surface area contributed by atoms with Crippen LogP contribution in [0.3, 0.4) is 0 Å². The highest BCUT2D eigenvalue weighted by molar-refractivity contribution is 14.1. The molecule has 0 atom stereocenters. The highest BCUT2D eigenvalue weighted by Crippen LogP contribution is 2.08. The Hall–Kier alpha value is -0.530. The molecule has 0 unspecified atom stereocenters. The number of carbonyl (C=O) groups is 2. The minimum absolute atomic E-state index is 0.0585. The van der Waals surface area contributed by atoms with Gasteiger partial charge in [-0.15, -0.1) is 0 Å². The SMILES string of the molecule is CN(CCN(C)C(=O)OC(C)(C)C)C(=O)CI. The Bertz CT molecular complexity index is 276. The van der Waals surface area contributed by atoms with Gasteiger partial charge in [0.15, 0.2) is 0 Å². The lowest BCUT2D eigenvalue weighted by atomic mass is 10.2. The summed E-state index contributed by atoms with van der Waals surface area (Å²) in [5.41, 5.74) is -0.491. The first kappa shape index (κ1) is 16.5. The molecule has 0 saturated carbocycles. The molecule has 2 amide bonds. The van der Waals surface area contributed by atoms with Gasteiger partial charge >= 0.3 is 6.09 Å². The van der Waals surface area contributed by atoms with Gasteiger partial charge in [0, 0.05) is 27.2 Å².